The summed E-state index contributed by atoms with van der Waals surface area (Å²) in [5, 5.41) is 2.73. The third-order valence-electron chi connectivity index (χ3n) is 3.58. The van der Waals surface area contributed by atoms with Crippen molar-refractivity contribution in [2.75, 3.05) is 4.90 Å². The van der Waals surface area contributed by atoms with E-state index in [1.165, 1.54) is 6.92 Å². The van der Waals surface area contributed by atoms with Gasteiger partial charge in [0.15, 0.2) is 0 Å². The normalized spacial score (nSPS) is 16.7. The van der Waals surface area contributed by atoms with Gasteiger partial charge in [-0.3, -0.25) is 9.59 Å². The number of fused-ring (bicyclic) bond motifs is 1. The highest BCUT2D eigenvalue weighted by molar-refractivity contribution is 6.06. The number of hydrogen-bond acceptors (Lipinski definition) is 2. The summed E-state index contributed by atoms with van der Waals surface area (Å²) in [5.74, 6) is -0.292. The van der Waals surface area contributed by atoms with Crippen LogP contribution in [-0.2, 0) is 16.1 Å². The van der Waals surface area contributed by atoms with Gasteiger partial charge >= 0.3 is 0 Å². The van der Waals surface area contributed by atoms with Gasteiger partial charge in [-0.25, -0.2) is 0 Å². The molecule has 4 heteroatoms. The molecule has 0 aliphatic carbocycles. The van der Waals surface area contributed by atoms with Gasteiger partial charge in [0.25, 0.3) is 5.91 Å². The lowest BCUT2D eigenvalue weighted by molar-refractivity contribution is -0.126. The van der Waals surface area contributed by atoms with Crippen LogP contribution in [0.1, 0.15) is 24.1 Å². The van der Waals surface area contributed by atoms with Crippen molar-refractivity contribution in [1.82, 2.24) is 5.32 Å². The molecule has 0 aromatic heterocycles. The Morgan fingerprint density at radius 2 is 1.76 bits per heavy atom. The molecule has 0 saturated heterocycles. The summed E-state index contributed by atoms with van der Waals surface area (Å²) in [5.41, 5.74) is 2.78. The van der Waals surface area contributed by atoms with E-state index in [4.69, 9.17) is 0 Å². The number of nitrogens with zero attached hydrogens (tertiary/aromatic N) is 1. The molecule has 0 saturated carbocycles. The van der Waals surface area contributed by atoms with E-state index in [-0.39, 0.29) is 11.8 Å². The van der Waals surface area contributed by atoms with E-state index >= 15 is 0 Å². The molecule has 2 amide bonds. The molecule has 1 N–H and O–H groups in total. The number of para-hydroxylation sites is 1. The lowest BCUT2D eigenvalue weighted by atomic mass is 10.1. The van der Waals surface area contributed by atoms with Gasteiger partial charge in [0, 0.05) is 18.2 Å². The molecule has 2 aromatic carbocycles. The second-order valence-electron chi connectivity index (χ2n) is 5.10. The number of benzene rings is 2. The first-order valence-corrected chi connectivity index (χ1v) is 6.88. The number of amides is 2. The molecule has 0 bridgehead atoms. The van der Waals surface area contributed by atoms with E-state index in [1.54, 1.807) is 4.90 Å². The quantitative estimate of drug-likeness (QED) is 0.938. The molecule has 21 heavy (non-hydrogen) atoms. The van der Waals surface area contributed by atoms with Crippen LogP contribution in [0, 0.1) is 0 Å². The van der Waals surface area contributed by atoms with Crippen molar-refractivity contribution in [3.8, 4) is 0 Å². The topological polar surface area (TPSA) is 49.4 Å². The van der Waals surface area contributed by atoms with E-state index in [9.17, 15) is 9.59 Å². The van der Waals surface area contributed by atoms with Crippen LogP contribution in [-0.4, -0.2) is 11.8 Å². The number of rotatable bonds is 3. The van der Waals surface area contributed by atoms with Crippen molar-refractivity contribution in [2.45, 2.75) is 19.5 Å². The first-order valence-electron chi connectivity index (χ1n) is 6.88. The summed E-state index contributed by atoms with van der Waals surface area (Å²) in [4.78, 5) is 25.7. The Hall–Kier alpha value is -2.62. The molecule has 0 radical (unpaired) electrons. The van der Waals surface area contributed by atoms with Gasteiger partial charge in [0.05, 0.1) is 6.54 Å². The Balaban J connectivity index is 1.95. The minimum absolute atomic E-state index is 0.0877. The van der Waals surface area contributed by atoms with E-state index in [2.05, 4.69) is 5.32 Å². The van der Waals surface area contributed by atoms with Crippen LogP contribution in [0.3, 0.4) is 0 Å². The van der Waals surface area contributed by atoms with Crippen molar-refractivity contribution in [3.05, 3.63) is 65.7 Å². The van der Waals surface area contributed by atoms with Crippen molar-refractivity contribution >= 4 is 17.5 Å². The zero-order valence-electron chi connectivity index (χ0n) is 11.7. The van der Waals surface area contributed by atoms with Crippen LogP contribution >= 0.6 is 0 Å². The SMILES string of the molecule is CC(=O)NC1C(=O)N(Cc2ccccc2)c2ccccc21. The molecule has 1 aliphatic heterocycles. The summed E-state index contributed by atoms with van der Waals surface area (Å²) < 4.78 is 0. The highest BCUT2D eigenvalue weighted by Crippen LogP contribution is 2.36. The van der Waals surface area contributed by atoms with Crippen LogP contribution in [0.5, 0.6) is 0 Å². The number of carbonyl (C=O) groups is 2. The molecule has 3 rings (SSSR count). The fraction of sp³-hybridized carbons (Fsp3) is 0.176. The molecular weight excluding hydrogens is 264 g/mol. The largest absolute Gasteiger partial charge is 0.341 e. The fourth-order valence-electron chi connectivity index (χ4n) is 2.66. The average molecular weight is 280 g/mol. The molecular formula is C17H16N2O2. The highest BCUT2D eigenvalue weighted by atomic mass is 16.2. The van der Waals surface area contributed by atoms with Gasteiger partial charge in [-0.05, 0) is 11.6 Å². The molecule has 0 fully saturated rings. The minimum Gasteiger partial charge on any atom is -0.341 e. The van der Waals surface area contributed by atoms with Gasteiger partial charge in [-0.15, -0.1) is 0 Å². The van der Waals surface area contributed by atoms with Crippen molar-refractivity contribution in [2.24, 2.45) is 0 Å². The zero-order valence-corrected chi connectivity index (χ0v) is 11.7. The average Bonchev–Trinajstić information content (AvgIpc) is 2.74. The standard InChI is InChI=1S/C17H16N2O2/c1-12(20)18-16-14-9-5-6-10-15(14)19(17(16)21)11-13-7-3-2-4-8-13/h2-10,16H,11H2,1H3,(H,18,20). The van der Waals surface area contributed by atoms with Crippen molar-refractivity contribution in [1.29, 1.82) is 0 Å². The molecule has 1 heterocycles. The first-order chi connectivity index (χ1) is 10.2. The summed E-state index contributed by atoms with van der Waals surface area (Å²) in [6, 6.07) is 16.8. The van der Waals surface area contributed by atoms with Crippen LogP contribution in [0.2, 0.25) is 0 Å². The fourth-order valence-corrected chi connectivity index (χ4v) is 2.66. The van der Waals surface area contributed by atoms with Gasteiger partial charge in [-0.1, -0.05) is 48.5 Å². The summed E-state index contributed by atoms with van der Waals surface area (Å²) in [7, 11) is 0. The lowest BCUT2D eigenvalue weighted by Gasteiger charge is -2.18. The van der Waals surface area contributed by atoms with E-state index in [0.29, 0.717) is 6.54 Å². The Labute approximate surface area is 123 Å². The molecule has 0 spiro atoms. The minimum atomic E-state index is -0.581. The molecule has 106 valence electrons. The molecule has 2 aromatic rings. The van der Waals surface area contributed by atoms with Crippen LogP contribution < -0.4 is 10.2 Å². The Morgan fingerprint density at radius 1 is 1.10 bits per heavy atom. The molecule has 4 nitrogen and oxygen atoms in total. The summed E-state index contributed by atoms with van der Waals surface area (Å²) >= 11 is 0. The second-order valence-corrected chi connectivity index (χ2v) is 5.10. The van der Waals surface area contributed by atoms with E-state index in [0.717, 1.165) is 16.8 Å². The Kier molecular flexibility index (Phi) is 3.44. The van der Waals surface area contributed by atoms with Crippen molar-refractivity contribution < 1.29 is 9.59 Å². The maximum Gasteiger partial charge on any atom is 0.254 e. The van der Waals surface area contributed by atoms with Crippen molar-refractivity contribution in [3.63, 3.8) is 0 Å². The predicted octanol–water partition coefficient (Wildman–Crippen LogP) is 2.41. The monoisotopic (exact) mass is 280 g/mol. The number of anilines is 1. The smallest absolute Gasteiger partial charge is 0.254 e. The zero-order chi connectivity index (χ0) is 14.8. The Morgan fingerprint density at radius 3 is 2.48 bits per heavy atom. The molecule has 1 unspecified atom stereocenters. The molecule has 1 atom stereocenters. The van der Waals surface area contributed by atoms with E-state index < -0.39 is 6.04 Å². The van der Waals surface area contributed by atoms with E-state index in [1.807, 2.05) is 54.6 Å². The van der Waals surface area contributed by atoms with Gasteiger partial charge < -0.3 is 10.2 Å². The van der Waals surface area contributed by atoms with Gasteiger partial charge in [0.1, 0.15) is 6.04 Å². The number of nitrogens with one attached hydrogen (secondary N) is 1. The third-order valence-corrected chi connectivity index (χ3v) is 3.58. The third kappa shape index (κ3) is 2.52. The van der Waals surface area contributed by atoms with Crippen LogP contribution in [0.4, 0.5) is 5.69 Å². The molecule has 1 aliphatic rings. The maximum atomic E-state index is 12.6. The van der Waals surface area contributed by atoms with Gasteiger partial charge in [0.2, 0.25) is 5.91 Å². The van der Waals surface area contributed by atoms with Gasteiger partial charge in [-0.2, -0.15) is 0 Å². The summed E-state index contributed by atoms with van der Waals surface area (Å²) in [6.07, 6.45) is 0. The van der Waals surface area contributed by atoms with Crippen LogP contribution in [0.15, 0.2) is 54.6 Å². The second kappa shape index (κ2) is 5.40. The Bertz CT molecular complexity index is 682. The number of carbonyl (C=O) groups excluding carboxylic acids is 2. The predicted molar refractivity (Wildman–Crippen MR) is 80.6 cm³/mol. The first kappa shape index (κ1) is 13.4. The lowest BCUT2D eigenvalue weighted by Crippen LogP contribution is -2.36. The van der Waals surface area contributed by atoms with Crippen LogP contribution in [0.25, 0.3) is 0 Å². The highest BCUT2D eigenvalue weighted by Gasteiger charge is 2.37. The maximum absolute atomic E-state index is 12.6. The summed E-state index contributed by atoms with van der Waals surface area (Å²) in [6.45, 7) is 1.93. The number of hydrogen-bond donors (Lipinski definition) is 1.